The Bertz CT molecular complexity index is 477. The van der Waals surface area contributed by atoms with Gasteiger partial charge in [0.2, 0.25) is 0 Å². The molecular weight excluding hydrogens is 313 g/mol. The molecule has 0 saturated heterocycles. The predicted molar refractivity (Wildman–Crippen MR) is 79.3 cm³/mol. The Morgan fingerprint density at radius 2 is 2.16 bits per heavy atom. The minimum atomic E-state index is -0.397. The molecule has 1 rings (SSSR count). The van der Waals surface area contributed by atoms with Crippen LogP contribution in [0.3, 0.4) is 0 Å². The largest absolute Gasteiger partial charge is 0.409 e. The van der Waals surface area contributed by atoms with E-state index in [1.165, 1.54) is 0 Å². The van der Waals surface area contributed by atoms with Crippen LogP contribution in [0.4, 0.5) is 10.1 Å². The molecule has 0 heterocycles. The van der Waals surface area contributed by atoms with Gasteiger partial charge in [0, 0.05) is 18.7 Å². The fourth-order valence-electron chi connectivity index (χ4n) is 1.87. The van der Waals surface area contributed by atoms with Gasteiger partial charge in [-0.1, -0.05) is 19.0 Å². The standard InChI is InChI=1S/C13H19BrFN3O/c1-4-18(7-8(2)3)10-6-5-9(13(16)17-19)11(14)12(10)15/h5-6,8,19H,4,7H2,1-3H3,(H2,16,17). The van der Waals surface area contributed by atoms with Gasteiger partial charge in [-0.05, 0) is 40.9 Å². The van der Waals surface area contributed by atoms with Crippen molar-refractivity contribution < 1.29 is 9.60 Å². The first-order chi connectivity index (χ1) is 8.92. The van der Waals surface area contributed by atoms with Crippen LogP contribution in [0.1, 0.15) is 26.3 Å². The van der Waals surface area contributed by atoms with Gasteiger partial charge < -0.3 is 15.8 Å². The molecule has 0 amide bonds. The van der Waals surface area contributed by atoms with Crippen molar-refractivity contribution in [1.29, 1.82) is 0 Å². The van der Waals surface area contributed by atoms with Crippen LogP contribution in [0.5, 0.6) is 0 Å². The Balaban J connectivity index is 3.21. The summed E-state index contributed by atoms with van der Waals surface area (Å²) >= 11 is 3.16. The van der Waals surface area contributed by atoms with Crippen molar-refractivity contribution in [2.75, 3.05) is 18.0 Å². The number of oxime groups is 1. The van der Waals surface area contributed by atoms with Crippen LogP contribution in [0.2, 0.25) is 0 Å². The summed E-state index contributed by atoms with van der Waals surface area (Å²) in [7, 11) is 0. The van der Waals surface area contributed by atoms with Crippen LogP contribution in [0, 0.1) is 11.7 Å². The minimum absolute atomic E-state index is 0.121. The molecule has 1 aromatic rings. The summed E-state index contributed by atoms with van der Waals surface area (Å²) in [4.78, 5) is 1.96. The van der Waals surface area contributed by atoms with Crippen LogP contribution in [-0.4, -0.2) is 24.1 Å². The Hall–Kier alpha value is -1.30. The van der Waals surface area contributed by atoms with E-state index in [2.05, 4.69) is 34.9 Å². The zero-order chi connectivity index (χ0) is 14.6. The van der Waals surface area contributed by atoms with Crippen molar-refractivity contribution in [2.45, 2.75) is 20.8 Å². The maximum absolute atomic E-state index is 14.4. The second-order valence-corrected chi connectivity index (χ2v) is 5.47. The van der Waals surface area contributed by atoms with Gasteiger partial charge in [0.1, 0.15) is 0 Å². The maximum Gasteiger partial charge on any atom is 0.171 e. The van der Waals surface area contributed by atoms with Crippen LogP contribution in [-0.2, 0) is 0 Å². The van der Waals surface area contributed by atoms with E-state index in [1.54, 1.807) is 12.1 Å². The van der Waals surface area contributed by atoms with Gasteiger partial charge in [0.25, 0.3) is 0 Å². The topological polar surface area (TPSA) is 61.8 Å². The van der Waals surface area contributed by atoms with Gasteiger partial charge in [-0.25, -0.2) is 4.39 Å². The van der Waals surface area contributed by atoms with Gasteiger partial charge in [-0.15, -0.1) is 0 Å². The first-order valence-electron chi connectivity index (χ1n) is 6.13. The highest BCUT2D eigenvalue weighted by molar-refractivity contribution is 9.10. The van der Waals surface area contributed by atoms with Crippen LogP contribution in [0.25, 0.3) is 0 Å². The van der Waals surface area contributed by atoms with Crippen LogP contribution >= 0.6 is 15.9 Å². The summed E-state index contributed by atoms with van der Waals surface area (Å²) < 4.78 is 14.6. The lowest BCUT2D eigenvalue weighted by molar-refractivity contribution is 0.318. The van der Waals surface area contributed by atoms with E-state index in [1.807, 2.05) is 11.8 Å². The molecule has 0 radical (unpaired) electrons. The number of anilines is 1. The van der Waals surface area contributed by atoms with E-state index < -0.39 is 5.82 Å². The van der Waals surface area contributed by atoms with Crippen LogP contribution < -0.4 is 10.6 Å². The minimum Gasteiger partial charge on any atom is -0.409 e. The number of amidine groups is 1. The normalized spacial score (nSPS) is 12.0. The van der Waals surface area contributed by atoms with E-state index in [9.17, 15) is 4.39 Å². The van der Waals surface area contributed by atoms with Gasteiger partial charge in [0.05, 0.1) is 10.2 Å². The lowest BCUT2D eigenvalue weighted by Gasteiger charge is -2.26. The molecule has 0 fully saturated rings. The Morgan fingerprint density at radius 1 is 1.53 bits per heavy atom. The number of benzene rings is 1. The summed E-state index contributed by atoms with van der Waals surface area (Å²) in [5.41, 5.74) is 6.34. The molecule has 0 aliphatic carbocycles. The monoisotopic (exact) mass is 331 g/mol. The summed E-state index contributed by atoms with van der Waals surface area (Å²) in [5, 5.41) is 11.5. The van der Waals surface area contributed by atoms with Gasteiger partial charge in [0.15, 0.2) is 11.7 Å². The van der Waals surface area contributed by atoms with Crippen molar-refractivity contribution in [3.63, 3.8) is 0 Å². The van der Waals surface area contributed by atoms with Gasteiger partial charge >= 0.3 is 0 Å². The lowest BCUT2D eigenvalue weighted by Crippen LogP contribution is -2.28. The van der Waals surface area contributed by atoms with Crippen LogP contribution in [0.15, 0.2) is 21.8 Å². The van der Waals surface area contributed by atoms with E-state index in [-0.39, 0.29) is 10.3 Å². The number of nitrogens with two attached hydrogens (primary N) is 1. The average Bonchev–Trinajstić information content (AvgIpc) is 2.38. The number of rotatable bonds is 5. The highest BCUT2D eigenvalue weighted by Gasteiger charge is 2.18. The number of nitrogens with zero attached hydrogens (tertiary/aromatic N) is 2. The molecule has 0 aliphatic rings. The van der Waals surface area contributed by atoms with E-state index in [4.69, 9.17) is 10.9 Å². The molecule has 19 heavy (non-hydrogen) atoms. The summed E-state index contributed by atoms with van der Waals surface area (Å²) in [6.45, 7) is 7.63. The smallest absolute Gasteiger partial charge is 0.171 e. The molecular formula is C13H19BrFN3O. The third-order valence-corrected chi connectivity index (χ3v) is 3.53. The predicted octanol–water partition coefficient (Wildman–Crippen LogP) is 3.17. The molecule has 0 aromatic heterocycles. The van der Waals surface area contributed by atoms with E-state index >= 15 is 0 Å². The number of hydrogen-bond acceptors (Lipinski definition) is 3. The third kappa shape index (κ3) is 3.59. The Kier molecular flexibility index (Phi) is 5.60. The van der Waals surface area contributed by atoms with Gasteiger partial charge in [-0.3, -0.25) is 0 Å². The molecule has 0 saturated carbocycles. The third-order valence-electron chi connectivity index (χ3n) is 2.75. The summed E-state index contributed by atoms with van der Waals surface area (Å²) in [6, 6.07) is 3.29. The SMILES string of the molecule is CCN(CC(C)C)c1ccc(/C(N)=N/O)c(Br)c1F. The van der Waals surface area contributed by atoms with E-state index in [0.717, 1.165) is 6.54 Å². The molecule has 6 heteroatoms. The van der Waals surface area contributed by atoms with Crippen molar-refractivity contribution in [2.24, 2.45) is 16.8 Å². The average molecular weight is 332 g/mol. The second kappa shape index (κ2) is 6.75. The maximum atomic E-state index is 14.4. The van der Waals surface area contributed by atoms with Crippen molar-refractivity contribution in [3.8, 4) is 0 Å². The summed E-state index contributed by atoms with van der Waals surface area (Å²) in [5.74, 6) is -0.0855. The molecule has 106 valence electrons. The molecule has 0 aliphatic heterocycles. The first kappa shape index (κ1) is 15.8. The molecule has 3 N–H and O–H groups in total. The highest BCUT2D eigenvalue weighted by Crippen LogP contribution is 2.29. The molecule has 0 atom stereocenters. The highest BCUT2D eigenvalue weighted by atomic mass is 79.9. The summed E-state index contributed by atoms with van der Waals surface area (Å²) in [6.07, 6.45) is 0. The molecule has 4 nitrogen and oxygen atoms in total. The van der Waals surface area contributed by atoms with E-state index in [0.29, 0.717) is 23.7 Å². The fraction of sp³-hybridized carbons (Fsp3) is 0.462. The fourth-order valence-corrected chi connectivity index (χ4v) is 2.41. The quantitative estimate of drug-likeness (QED) is 0.377. The second-order valence-electron chi connectivity index (χ2n) is 4.68. The number of hydrogen-bond donors (Lipinski definition) is 2. The van der Waals surface area contributed by atoms with Gasteiger partial charge in [-0.2, -0.15) is 0 Å². The molecule has 1 aromatic carbocycles. The lowest BCUT2D eigenvalue weighted by atomic mass is 10.1. The molecule has 0 unspecified atom stereocenters. The van der Waals surface area contributed by atoms with Crippen molar-refractivity contribution in [3.05, 3.63) is 28.0 Å². The zero-order valence-corrected chi connectivity index (χ0v) is 12.9. The zero-order valence-electron chi connectivity index (χ0n) is 11.3. The van der Waals surface area contributed by atoms with Crippen molar-refractivity contribution in [1.82, 2.24) is 0 Å². The number of halogens is 2. The molecule has 0 spiro atoms. The molecule has 0 bridgehead atoms. The Morgan fingerprint density at radius 3 is 2.63 bits per heavy atom. The Labute approximate surface area is 121 Å². The van der Waals surface area contributed by atoms with Crippen molar-refractivity contribution >= 4 is 27.5 Å². The first-order valence-corrected chi connectivity index (χ1v) is 6.92.